The molecular formula is C13H21NOS. The molecule has 0 aromatic heterocycles. The average Bonchev–Trinajstić information content (AvgIpc) is 2.26. The van der Waals surface area contributed by atoms with Crippen LogP contribution in [0.15, 0.2) is 29.2 Å². The molecule has 3 heteroatoms. The van der Waals surface area contributed by atoms with Gasteiger partial charge in [-0.05, 0) is 44.2 Å². The maximum absolute atomic E-state index is 9.25. The first-order valence-electron chi connectivity index (χ1n) is 5.66. The normalized spacial score (nSPS) is 14.8. The van der Waals surface area contributed by atoms with Gasteiger partial charge in [-0.1, -0.05) is 12.1 Å². The van der Waals surface area contributed by atoms with Gasteiger partial charge in [0.15, 0.2) is 0 Å². The third-order valence-corrected chi connectivity index (χ3v) is 3.25. The lowest BCUT2D eigenvalue weighted by atomic mass is 10.1. The Hall–Kier alpha value is -0.510. The van der Waals surface area contributed by atoms with Crippen molar-refractivity contribution in [1.82, 2.24) is 5.32 Å². The Morgan fingerprint density at radius 1 is 1.25 bits per heavy atom. The second kappa shape index (κ2) is 6.94. The molecule has 2 nitrogen and oxygen atoms in total. The van der Waals surface area contributed by atoms with E-state index in [4.69, 9.17) is 0 Å². The Labute approximate surface area is 102 Å². The zero-order valence-corrected chi connectivity index (χ0v) is 11.1. The molecule has 2 unspecified atom stereocenters. The highest BCUT2D eigenvalue weighted by atomic mass is 32.2. The third-order valence-electron chi connectivity index (χ3n) is 2.51. The molecule has 1 aromatic rings. The number of thioether (sulfide) groups is 1. The van der Waals surface area contributed by atoms with E-state index < -0.39 is 0 Å². The number of hydrogen-bond acceptors (Lipinski definition) is 3. The predicted octanol–water partition coefficient (Wildman–Crippen LogP) is 2.66. The highest BCUT2D eigenvalue weighted by Crippen LogP contribution is 2.14. The molecule has 0 radical (unpaired) electrons. The molecule has 0 aliphatic carbocycles. The maximum atomic E-state index is 9.25. The Balaban J connectivity index is 2.36. The monoisotopic (exact) mass is 239 g/mol. The number of rotatable bonds is 6. The molecule has 2 N–H and O–H groups in total. The summed E-state index contributed by atoms with van der Waals surface area (Å²) in [6.07, 6.45) is 2.64. The fourth-order valence-corrected chi connectivity index (χ4v) is 2.04. The molecule has 0 aliphatic rings. The molecule has 0 saturated carbocycles. The number of benzene rings is 1. The van der Waals surface area contributed by atoms with E-state index >= 15 is 0 Å². The zero-order chi connectivity index (χ0) is 12.0. The molecule has 1 rings (SSSR count). The molecular weight excluding hydrogens is 218 g/mol. The molecule has 2 atom stereocenters. The van der Waals surface area contributed by atoms with Gasteiger partial charge in [-0.2, -0.15) is 0 Å². The molecule has 16 heavy (non-hydrogen) atoms. The van der Waals surface area contributed by atoms with Crippen LogP contribution in [0.25, 0.3) is 0 Å². The minimum atomic E-state index is -0.235. The van der Waals surface area contributed by atoms with Gasteiger partial charge in [-0.3, -0.25) is 0 Å². The largest absolute Gasteiger partial charge is 0.393 e. The van der Waals surface area contributed by atoms with Crippen molar-refractivity contribution >= 4 is 11.8 Å². The molecule has 0 fully saturated rings. The Bertz CT molecular complexity index is 297. The molecule has 0 heterocycles. The number of aliphatic hydroxyl groups excluding tert-OH is 1. The average molecular weight is 239 g/mol. The van der Waals surface area contributed by atoms with Crippen molar-refractivity contribution in [3.63, 3.8) is 0 Å². The summed E-state index contributed by atoms with van der Waals surface area (Å²) in [4.78, 5) is 1.29. The van der Waals surface area contributed by atoms with Gasteiger partial charge in [0, 0.05) is 17.5 Å². The molecule has 0 bridgehead atoms. The molecule has 0 aliphatic heterocycles. The number of hydrogen-bond donors (Lipinski definition) is 2. The van der Waals surface area contributed by atoms with Crippen molar-refractivity contribution in [2.75, 3.05) is 6.26 Å². The van der Waals surface area contributed by atoms with Crippen molar-refractivity contribution in [3.05, 3.63) is 29.8 Å². The van der Waals surface area contributed by atoms with E-state index in [2.05, 4.69) is 42.8 Å². The summed E-state index contributed by atoms with van der Waals surface area (Å²) in [5, 5.41) is 12.6. The summed E-state index contributed by atoms with van der Waals surface area (Å²) in [5.74, 6) is 0. The highest BCUT2D eigenvalue weighted by molar-refractivity contribution is 7.98. The van der Waals surface area contributed by atoms with Gasteiger partial charge in [0.1, 0.15) is 0 Å². The second-order valence-corrected chi connectivity index (χ2v) is 5.09. The van der Waals surface area contributed by atoms with Crippen LogP contribution in [0.2, 0.25) is 0 Å². The van der Waals surface area contributed by atoms with Crippen LogP contribution in [0, 0.1) is 0 Å². The van der Waals surface area contributed by atoms with E-state index in [1.165, 1.54) is 10.5 Å². The second-order valence-electron chi connectivity index (χ2n) is 4.21. The van der Waals surface area contributed by atoms with Gasteiger partial charge in [0.2, 0.25) is 0 Å². The van der Waals surface area contributed by atoms with Gasteiger partial charge in [-0.25, -0.2) is 0 Å². The maximum Gasteiger partial charge on any atom is 0.0526 e. The van der Waals surface area contributed by atoms with Gasteiger partial charge < -0.3 is 10.4 Å². The summed E-state index contributed by atoms with van der Waals surface area (Å²) < 4.78 is 0. The van der Waals surface area contributed by atoms with E-state index in [0.29, 0.717) is 6.04 Å². The summed E-state index contributed by atoms with van der Waals surface area (Å²) in [7, 11) is 0. The van der Waals surface area contributed by atoms with E-state index in [-0.39, 0.29) is 6.10 Å². The van der Waals surface area contributed by atoms with Gasteiger partial charge >= 0.3 is 0 Å². The molecule has 0 saturated heterocycles. The minimum Gasteiger partial charge on any atom is -0.393 e. The Morgan fingerprint density at radius 3 is 2.38 bits per heavy atom. The van der Waals surface area contributed by atoms with E-state index in [9.17, 15) is 5.11 Å². The predicted molar refractivity (Wildman–Crippen MR) is 70.8 cm³/mol. The summed E-state index contributed by atoms with van der Waals surface area (Å²) >= 11 is 1.76. The first kappa shape index (κ1) is 13.6. The van der Waals surface area contributed by atoms with Crippen LogP contribution in [0.3, 0.4) is 0 Å². The summed E-state index contributed by atoms with van der Waals surface area (Å²) in [6, 6.07) is 8.92. The van der Waals surface area contributed by atoms with Crippen LogP contribution in [-0.2, 0) is 6.54 Å². The quantitative estimate of drug-likeness (QED) is 0.749. The Morgan fingerprint density at radius 2 is 1.88 bits per heavy atom. The third kappa shape index (κ3) is 5.01. The first-order chi connectivity index (χ1) is 7.61. The lowest BCUT2D eigenvalue weighted by Gasteiger charge is -2.15. The molecule has 1 aromatic carbocycles. The minimum absolute atomic E-state index is 0.235. The fraction of sp³-hybridized carbons (Fsp3) is 0.538. The summed E-state index contributed by atoms with van der Waals surface area (Å²) in [5.41, 5.74) is 1.29. The molecule has 0 spiro atoms. The van der Waals surface area contributed by atoms with Crippen molar-refractivity contribution in [1.29, 1.82) is 0 Å². The number of nitrogens with one attached hydrogen (secondary N) is 1. The summed E-state index contributed by atoms with van der Waals surface area (Å²) in [6.45, 7) is 4.79. The van der Waals surface area contributed by atoms with Crippen molar-refractivity contribution in [2.45, 2.75) is 43.9 Å². The lowest BCUT2D eigenvalue weighted by Crippen LogP contribution is -2.28. The molecule has 90 valence electrons. The van der Waals surface area contributed by atoms with Crippen LogP contribution in [0.4, 0.5) is 0 Å². The van der Waals surface area contributed by atoms with Crippen molar-refractivity contribution < 1.29 is 5.11 Å². The fourth-order valence-electron chi connectivity index (χ4n) is 1.63. The van der Waals surface area contributed by atoms with Crippen molar-refractivity contribution in [2.24, 2.45) is 0 Å². The SMILES string of the molecule is CSc1ccc(CNC(C)CC(C)O)cc1. The van der Waals surface area contributed by atoms with E-state index in [1.54, 1.807) is 11.8 Å². The zero-order valence-electron chi connectivity index (χ0n) is 10.2. The van der Waals surface area contributed by atoms with Gasteiger partial charge in [0.25, 0.3) is 0 Å². The Kier molecular flexibility index (Phi) is 5.88. The van der Waals surface area contributed by atoms with Crippen LogP contribution >= 0.6 is 11.8 Å². The smallest absolute Gasteiger partial charge is 0.0526 e. The van der Waals surface area contributed by atoms with Gasteiger partial charge in [0.05, 0.1) is 6.10 Å². The van der Waals surface area contributed by atoms with E-state index in [1.807, 2.05) is 6.92 Å². The number of aliphatic hydroxyl groups is 1. The topological polar surface area (TPSA) is 32.3 Å². The van der Waals surface area contributed by atoms with Crippen LogP contribution in [0.5, 0.6) is 0 Å². The van der Waals surface area contributed by atoms with Crippen LogP contribution < -0.4 is 5.32 Å². The standard InChI is InChI=1S/C13H21NOS/c1-10(8-11(2)15)14-9-12-4-6-13(16-3)7-5-12/h4-7,10-11,14-15H,8-9H2,1-3H3. The highest BCUT2D eigenvalue weighted by Gasteiger charge is 2.05. The van der Waals surface area contributed by atoms with E-state index in [0.717, 1.165) is 13.0 Å². The van der Waals surface area contributed by atoms with Crippen molar-refractivity contribution in [3.8, 4) is 0 Å². The van der Waals surface area contributed by atoms with Gasteiger partial charge in [-0.15, -0.1) is 11.8 Å². The first-order valence-corrected chi connectivity index (χ1v) is 6.88. The molecule has 0 amide bonds. The van der Waals surface area contributed by atoms with Crippen LogP contribution in [0.1, 0.15) is 25.8 Å². The lowest BCUT2D eigenvalue weighted by molar-refractivity contribution is 0.170. The van der Waals surface area contributed by atoms with Crippen LogP contribution in [-0.4, -0.2) is 23.5 Å².